The lowest BCUT2D eigenvalue weighted by molar-refractivity contribution is 0.0181. The zero-order valence-corrected chi connectivity index (χ0v) is 12.3. The smallest absolute Gasteiger partial charge is 0.322 e. The van der Waals surface area contributed by atoms with Crippen LogP contribution >= 0.6 is 0 Å². The van der Waals surface area contributed by atoms with Gasteiger partial charge in [0, 0.05) is 18.3 Å². The second-order valence-electron chi connectivity index (χ2n) is 5.00. The average molecular weight is 288 g/mol. The van der Waals surface area contributed by atoms with Crippen LogP contribution in [-0.2, 0) is 4.74 Å². The van der Waals surface area contributed by atoms with E-state index in [0.29, 0.717) is 19.7 Å². The summed E-state index contributed by atoms with van der Waals surface area (Å²) < 4.78 is 5.22. The van der Waals surface area contributed by atoms with Gasteiger partial charge in [-0.15, -0.1) is 0 Å². The Kier molecular flexibility index (Phi) is 5.14. The monoisotopic (exact) mass is 288 g/mol. The van der Waals surface area contributed by atoms with E-state index in [2.05, 4.69) is 17.6 Å². The van der Waals surface area contributed by atoms with Crippen molar-refractivity contribution in [2.24, 2.45) is 0 Å². The highest BCUT2D eigenvalue weighted by Gasteiger charge is 2.23. The number of nitrogens with zero attached hydrogens (tertiary/aromatic N) is 2. The summed E-state index contributed by atoms with van der Waals surface area (Å²) in [5.41, 5.74) is 1.90. The van der Waals surface area contributed by atoms with Gasteiger partial charge in [0.15, 0.2) is 6.10 Å². The van der Waals surface area contributed by atoms with Crippen LogP contribution in [0.25, 0.3) is 0 Å². The summed E-state index contributed by atoms with van der Waals surface area (Å²) in [4.78, 5) is 13.7. The van der Waals surface area contributed by atoms with Gasteiger partial charge in [-0.05, 0) is 31.7 Å². The normalized spacial score (nSPS) is 19.7. The Hall–Kier alpha value is -2.10. The average Bonchev–Trinajstić information content (AvgIpc) is 2.54. The zero-order chi connectivity index (χ0) is 15.2. The SMILES string of the molecule is CNC(C)c1ccc(NC(=O)N2CCOC(C#N)C2)cc1. The van der Waals surface area contributed by atoms with Gasteiger partial charge >= 0.3 is 6.03 Å². The van der Waals surface area contributed by atoms with Crippen LogP contribution in [0.4, 0.5) is 10.5 Å². The van der Waals surface area contributed by atoms with Crippen LogP contribution in [0.5, 0.6) is 0 Å². The molecule has 0 bridgehead atoms. The molecular weight excluding hydrogens is 268 g/mol. The van der Waals surface area contributed by atoms with Gasteiger partial charge in [-0.25, -0.2) is 4.79 Å². The third-order valence-electron chi connectivity index (χ3n) is 3.59. The Morgan fingerprint density at radius 3 is 2.81 bits per heavy atom. The van der Waals surface area contributed by atoms with E-state index in [1.54, 1.807) is 4.90 Å². The zero-order valence-electron chi connectivity index (χ0n) is 12.3. The van der Waals surface area contributed by atoms with Crippen LogP contribution in [0, 0.1) is 11.3 Å². The molecule has 1 saturated heterocycles. The molecule has 2 N–H and O–H groups in total. The van der Waals surface area contributed by atoms with Gasteiger partial charge in [0.1, 0.15) is 0 Å². The quantitative estimate of drug-likeness (QED) is 0.888. The number of amides is 2. The van der Waals surface area contributed by atoms with Gasteiger partial charge in [0.05, 0.1) is 19.2 Å². The standard InChI is InChI=1S/C15H20N4O2/c1-11(17-2)12-3-5-13(6-4-12)18-15(20)19-7-8-21-14(9-16)10-19/h3-6,11,14,17H,7-8,10H2,1-2H3,(H,18,20). The highest BCUT2D eigenvalue weighted by molar-refractivity contribution is 5.89. The molecule has 6 nitrogen and oxygen atoms in total. The van der Waals surface area contributed by atoms with Gasteiger partial charge in [-0.1, -0.05) is 12.1 Å². The van der Waals surface area contributed by atoms with E-state index in [1.165, 1.54) is 0 Å². The molecule has 1 aromatic rings. The number of nitriles is 1. The molecular formula is C15H20N4O2. The largest absolute Gasteiger partial charge is 0.360 e. The lowest BCUT2D eigenvalue weighted by Gasteiger charge is -2.29. The van der Waals surface area contributed by atoms with Crippen molar-refractivity contribution in [3.8, 4) is 6.07 Å². The van der Waals surface area contributed by atoms with Crippen molar-refractivity contribution in [3.05, 3.63) is 29.8 Å². The second-order valence-corrected chi connectivity index (χ2v) is 5.00. The molecule has 2 atom stereocenters. The molecule has 21 heavy (non-hydrogen) atoms. The molecule has 1 aliphatic rings. The van der Waals surface area contributed by atoms with Crippen LogP contribution in [-0.4, -0.2) is 43.8 Å². The summed E-state index contributed by atoms with van der Waals surface area (Å²) in [6, 6.07) is 9.81. The fraction of sp³-hybridized carbons (Fsp3) is 0.467. The maximum Gasteiger partial charge on any atom is 0.322 e. The van der Waals surface area contributed by atoms with Crippen LogP contribution in [0.2, 0.25) is 0 Å². The number of ether oxygens (including phenoxy) is 1. The number of nitrogens with one attached hydrogen (secondary N) is 2. The molecule has 1 heterocycles. The van der Waals surface area contributed by atoms with Crippen molar-refractivity contribution in [2.45, 2.75) is 19.1 Å². The van der Waals surface area contributed by atoms with E-state index in [-0.39, 0.29) is 12.1 Å². The van der Waals surface area contributed by atoms with Crippen molar-refractivity contribution in [1.29, 1.82) is 5.26 Å². The van der Waals surface area contributed by atoms with E-state index < -0.39 is 6.10 Å². The predicted octanol–water partition coefficient (Wildman–Crippen LogP) is 1.72. The number of urea groups is 1. The van der Waals surface area contributed by atoms with Crippen molar-refractivity contribution < 1.29 is 9.53 Å². The van der Waals surface area contributed by atoms with Gasteiger partial charge in [-0.2, -0.15) is 5.26 Å². The topological polar surface area (TPSA) is 77.4 Å². The molecule has 0 radical (unpaired) electrons. The Morgan fingerprint density at radius 2 is 2.19 bits per heavy atom. The minimum Gasteiger partial charge on any atom is -0.360 e. The van der Waals surface area contributed by atoms with Crippen molar-refractivity contribution in [3.63, 3.8) is 0 Å². The molecule has 0 aliphatic carbocycles. The summed E-state index contributed by atoms with van der Waals surface area (Å²) in [5.74, 6) is 0. The van der Waals surface area contributed by atoms with Crippen molar-refractivity contribution >= 4 is 11.7 Å². The Bertz CT molecular complexity index is 523. The van der Waals surface area contributed by atoms with E-state index in [0.717, 1.165) is 11.3 Å². The first-order valence-electron chi connectivity index (χ1n) is 6.98. The highest BCUT2D eigenvalue weighted by Crippen LogP contribution is 2.16. The van der Waals surface area contributed by atoms with Gasteiger partial charge < -0.3 is 20.3 Å². The first-order valence-corrected chi connectivity index (χ1v) is 6.98. The maximum absolute atomic E-state index is 12.1. The minimum absolute atomic E-state index is 0.201. The van der Waals surface area contributed by atoms with Crippen molar-refractivity contribution in [2.75, 3.05) is 32.1 Å². The second kappa shape index (κ2) is 7.07. The summed E-state index contributed by atoms with van der Waals surface area (Å²) >= 11 is 0. The van der Waals surface area contributed by atoms with E-state index in [4.69, 9.17) is 10.00 Å². The van der Waals surface area contributed by atoms with E-state index in [9.17, 15) is 4.79 Å². The Morgan fingerprint density at radius 1 is 1.48 bits per heavy atom. The number of hydrogen-bond acceptors (Lipinski definition) is 4. The molecule has 0 aromatic heterocycles. The number of benzene rings is 1. The molecule has 1 aromatic carbocycles. The van der Waals surface area contributed by atoms with Gasteiger partial charge in [0.2, 0.25) is 0 Å². The summed E-state index contributed by atoms with van der Waals surface area (Å²) in [6.45, 7) is 3.27. The number of carbonyl (C=O) groups is 1. The minimum atomic E-state index is -0.539. The molecule has 0 spiro atoms. The molecule has 2 amide bonds. The summed E-state index contributed by atoms with van der Waals surface area (Å²) in [5, 5.41) is 14.9. The molecule has 2 unspecified atom stereocenters. The predicted molar refractivity (Wildman–Crippen MR) is 79.9 cm³/mol. The van der Waals surface area contributed by atoms with Gasteiger partial charge in [0.25, 0.3) is 0 Å². The third-order valence-corrected chi connectivity index (χ3v) is 3.59. The summed E-state index contributed by atoms with van der Waals surface area (Å²) in [6.07, 6.45) is -0.539. The number of anilines is 1. The van der Waals surface area contributed by atoms with E-state index >= 15 is 0 Å². The number of hydrogen-bond donors (Lipinski definition) is 2. The molecule has 6 heteroatoms. The van der Waals surface area contributed by atoms with Crippen molar-refractivity contribution in [1.82, 2.24) is 10.2 Å². The molecule has 1 fully saturated rings. The molecule has 112 valence electrons. The molecule has 1 aliphatic heterocycles. The Balaban J connectivity index is 1.95. The lowest BCUT2D eigenvalue weighted by atomic mass is 10.1. The van der Waals surface area contributed by atoms with E-state index in [1.807, 2.05) is 37.4 Å². The summed E-state index contributed by atoms with van der Waals surface area (Å²) in [7, 11) is 1.91. The number of rotatable bonds is 3. The number of carbonyl (C=O) groups excluding carboxylic acids is 1. The highest BCUT2D eigenvalue weighted by atomic mass is 16.5. The molecule has 0 saturated carbocycles. The van der Waals surface area contributed by atoms with Crippen LogP contribution in [0.1, 0.15) is 18.5 Å². The fourth-order valence-electron chi connectivity index (χ4n) is 2.14. The molecule has 2 rings (SSSR count). The maximum atomic E-state index is 12.1. The lowest BCUT2D eigenvalue weighted by Crippen LogP contribution is -2.46. The number of morpholine rings is 1. The fourth-order valence-corrected chi connectivity index (χ4v) is 2.14. The van der Waals surface area contributed by atoms with Crippen LogP contribution in [0.3, 0.4) is 0 Å². The van der Waals surface area contributed by atoms with Crippen LogP contribution in [0.15, 0.2) is 24.3 Å². The first-order chi connectivity index (χ1) is 10.1. The van der Waals surface area contributed by atoms with Crippen LogP contribution < -0.4 is 10.6 Å². The Labute approximate surface area is 124 Å². The first kappa shape index (κ1) is 15.3. The third kappa shape index (κ3) is 3.94. The van der Waals surface area contributed by atoms with Gasteiger partial charge in [-0.3, -0.25) is 0 Å².